The van der Waals surface area contributed by atoms with Crippen LogP contribution in [0.2, 0.25) is 5.02 Å². The molecule has 34 heavy (non-hydrogen) atoms. The van der Waals surface area contributed by atoms with Gasteiger partial charge < -0.3 is 14.5 Å². The number of nitrogens with zero attached hydrogens (tertiary/aromatic N) is 3. The summed E-state index contributed by atoms with van der Waals surface area (Å²) in [4.78, 5) is 22.6. The molecule has 1 N–H and O–H groups in total. The van der Waals surface area contributed by atoms with Gasteiger partial charge >= 0.3 is 6.18 Å². The molecule has 0 radical (unpaired) electrons. The minimum absolute atomic E-state index is 0.00536. The van der Waals surface area contributed by atoms with Gasteiger partial charge in [0.2, 0.25) is 0 Å². The van der Waals surface area contributed by atoms with Gasteiger partial charge in [-0.2, -0.15) is 18.3 Å². The number of nitro groups is 1. The SMILES string of the molecule is Cc1cc(OCc2ccc(C(=O)NCCCn3nc(C(F)(F)F)c(Cl)c3C)o2)ccc1[N+](=O)[O-]. The number of furan rings is 1. The topological polar surface area (TPSA) is 112 Å². The van der Waals surface area contributed by atoms with Crippen LogP contribution < -0.4 is 10.1 Å². The quantitative estimate of drug-likeness (QED) is 0.249. The molecule has 1 aromatic carbocycles. The van der Waals surface area contributed by atoms with Crippen LogP contribution >= 0.6 is 11.6 Å². The van der Waals surface area contributed by atoms with E-state index in [2.05, 4.69) is 10.4 Å². The second kappa shape index (κ2) is 10.2. The second-order valence-corrected chi connectivity index (χ2v) is 7.72. The number of nitro benzene ring substituents is 1. The predicted molar refractivity (Wildman–Crippen MR) is 115 cm³/mol. The van der Waals surface area contributed by atoms with Crippen molar-refractivity contribution in [1.29, 1.82) is 0 Å². The van der Waals surface area contributed by atoms with E-state index in [0.717, 1.165) is 4.68 Å². The monoisotopic (exact) mass is 500 g/mol. The summed E-state index contributed by atoms with van der Waals surface area (Å²) < 4.78 is 50.8. The van der Waals surface area contributed by atoms with E-state index < -0.39 is 27.7 Å². The number of benzene rings is 1. The number of halogens is 4. The number of aromatic nitrogens is 2. The molecule has 2 heterocycles. The molecule has 2 aromatic heterocycles. The highest BCUT2D eigenvalue weighted by molar-refractivity contribution is 6.31. The maximum Gasteiger partial charge on any atom is 0.436 e. The van der Waals surface area contributed by atoms with Crippen molar-refractivity contribution >= 4 is 23.2 Å². The Morgan fingerprint density at radius 1 is 1.29 bits per heavy atom. The Balaban J connectivity index is 1.48. The molecule has 0 bridgehead atoms. The normalized spacial score (nSPS) is 11.5. The summed E-state index contributed by atoms with van der Waals surface area (Å²) in [6.45, 7) is 3.34. The number of nitrogens with one attached hydrogen (secondary N) is 1. The number of hydrogen-bond donors (Lipinski definition) is 1. The zero-order valence-electron chi connectivity index (χ0n) is 18.1. The first-order valence-corrected chi connectivity index (χ1v) is 10.4. The first kappa shape index (κ1) is 25.1. The Hall–Kier alpha value is -3.54. The van der Waals surface area contributed by atoms with E-state index in [4.69, 9.17) is 20.8 Å². The molecule has 0 spiro atoms. The number of hydrogen-bond acceptors (Lipinski definition) is 6. The third-order valence-electron chi connectivity index (χ3n) is 4.87. The van der Waals surface area contributed by atoms with E-state index in [1.54, 1.807) is 13.0 Å². The summed E-state index contributed by atoms with van der Waals surface area (Å²) >= 11 is 5.71. The molecule has 0 aliphatic carbocycles. The average molecular weight is 501 g/mol. The highest BCUT2D eigenvalue weighted by atomic mass is 35.5. The Bertz CT molecular complexity index is 1210. The van der Waals surface area contributed by atoms with Crippen LogP contribution in [0.4, 0.5) is 18.9 Å². The molecule has 0 fully saturated rings. The van der Waals surface area contributed by atoms with Crippen LogP contribution in [0, 0.1) is 24.0 Å². The summed E-state index contributed by atoms with van der Waals surface area (Å²) in [6, 6.07) is 7.35. The number of carbonyl (C=O) groups excluding carboxylic acids is 1. The molecule has 0 saturated carbocycles. The fourth-order valence-electron chi connectivity index (χ4n) is 3.10. The molecule has 0 aliphatic rings. The second-order valence-electron chi connectivity index (χ2n) is 7.34. The maximum absolute atomic E-state index is 12.9. The minimum Gasteiger partial charge on any atom is -0.486 e. The largest absolute Gasteiger partial charge is 0.486 e. The standard InChI is InChI=1S/C21H20ClF3N4O5/c1-12-10-14(4-6-16(12)29(31)32)33-11-15-5-7-17(34-15)20(30)26-8-3-9-28-13(2)18(22)19(27-28)21(23,24)25/h4-7,10H,3,8-9,11H2,1-2H3,(H,26,30). The van der Waals surface area contributed by atoms with Crippen LogP contribution in [0.3, 0.4) is 0 Å². The van der Waals surface area contributed by atoms with Gasteiger partial charge in [0.15, 0.2) is 11.5 Å². The van der Waals surface area contributed by atoms with Gasteiger partial charge in [-0.05, 0) is 44.5 Å². The lowest BCUT2D eigenvalue weighted by Gasteiger charge is -2.06. The van der Waals surface area contributed by atoms with Gasteiger partial charge in [-0.1, -0.05) is 11.6 Å². The average Bonchev–Trinajstić information content (AvgIpc) is 3.35. The number of amides is 1. The van der Waals surface area contributed by atoms with Crippen molar-refractivity contribution in [1.82, 2.24) is 15.1 Å². The minimum atomic E-state index is -4.64. The highest BCUT2D eigenvalue weighted by Gasteiger charge is 2.38. The lowest BCUT2D eigenvalue weighted by Crippen LogP contribution is -2.25. The van der Waals surface area contributed by atoms with Gasteiger partial charge in [0.1, 0.15) is 18.1 Å². The van der Waals surface area contributed by atoms with Gasteiger partial charge in [-0.25, -0.2) is 0 Å². The summed E-state index contributed by atoms with van der Waals surface area (Å²) in [5.41, 5.74) is -0.510. The number of rotatable bonds is 9. The first-order valence-electron chi connectivity index (χ1n) is 10.0. The molecular formula is C21H20ClF3N4O5. The van der Waals surface area contributed by atoms with E-state index in [1.807, 2.05) is 0 Å². The summed E-state index contributed by atoms with van der Waals surface area (Å²) in [6.07, 6.45) is -4.32. The summed E-state index contributed by atoms with van der Waals surface area (Å²) in [5.74, 6) is 0.315. The molecule has 3 aromatic rings. The van der Waals surface area contributed by atoms with E-state index in [9.17, 15) is 28.1 Å². The molecule has 0 unspecified atom stereocenters. The van der Waals surface area contributed by atoms with E-state index in [1.165, 1.54) is 31.2 Å². The zero-order valence-corrected chi connectivity index (χ0v) is 18.9. The first-order chi connectivity index (χ1) is 16.0. The number of alkyl halides is 3. The highest BCUT2D eigenvalue weighted by Crippen LogP contribution is 2.35. The fraction of sp³-hybridized carbons (Fsp3) is 0.333. The fourth-order valence-corrected chi connectivity index (χ4v) is 3.34. The third kappa shape index (κ3) is 5.87. The predicted octanol–water partition coefficient (Wildman–Crippen LogP) is 5.07. The van der Waals surface area contributed by atoms with Crippen molar-refractivity contribution in [2.45, 2.75) is 39.6 Å². The van der Waals surface area contributed by atoms with Crippen LogP contribution in [-0.4, -0.2) is 27.2 Å². The lowest BCUT2D eigenvalue weighted by atomic mass is 10.2. The van der Waals surface area contributed by atoms with Crippen molar-refractivity contribution in [3.05, 3.63) is 73.9 Å². The molecule has 0 aliphatic heterocycles. The van der Waals surface area contributed by atoms with Crippen LogP contribution in [0.1, 0.15) is 39.7 Å². The molecule has 0 saturated heterocycles. The van der Waals surface area contributed by atoms with Gasteiger partial charge in [-0.15, -0.1) is 0 Å². The maximum atomic E-state index is 12.9. The Kier molecular flexibility index (Phi) is 7.50. The van der Waals surface area contributed by atoms with Gasteiger partial charge in [0.05, 0.1) is 15.6 Å². The molecule has 0 atom stereocenters. The molecule has 3 rings (SSSR count). The summed E-state index contributed by atoms with van der Waals surface area (Å²) in [7, 11) is 0. The van der Waals surface area contributed by atoms with E-state index >= 15 is 0 Å². The van der Waals surface area contributed by atoms with E-state index in [-0.39, 0.29) is 36.8 Å². The smallest absolute Gasteiger partial charge is 0.436 e. The van der Waals surface area contributed by atoms with Crippen LogP contribution in [0.25, 0.3) is 0 Å². The van der Waals surface area contributed by atoms with Gasteiger partial charge in [0, 0.05) is 24.7 Å². The van der Waals surface area contributed by atoms with Crippen LogP contribution in [0.5, 0.6) is 5.75 Å². The number of ether oxygens (including phenoxy) is 1. The Morgan fingerprint density at radius 3 is 2.65 bits per heavy atom. The van der Waals surface area contributed by atoms with E-state index in [0.29, 0.717) is 23.5 Å². The number of aryl methyl sites for hydroxylation is 2. The molecule has 13 heteroatoms. The van der Waals surface area contributed by atoms with Crippen molar-refractivity contribution in [2.75, 3.05) is 6.54 Å². The molecular weight excluding hydrogens is 481 g/mol. The molecule has 1 amide bonds. The Morgan fingerprint density at radius 2 is 2.03 bits per heavy atom. The van der Waals surface area contributed by atoms with Crippen molar-refractivity contribution < 1.29 is 32.0 Å². The zero-order chi connectivity index (χ0) is 25.0. The van der Waals surface area contributed by atoms with Crippen molar-refractivity contribution in [3.8, 4) is 5.75 Å². The van der Waals surface area contributed by atoms with Crippen molar-refractivity contribution in [2.24, 2.45) is 0 Å². The van der Waals surface area contributed by atoms with Crippen LogP contribution in [0.15, 0.2) is 34.7 Å². The van der Waals surface area contributed by atoms with Crippen LogP contribution in [-0.2, 0) is 19.3 Å². The van der Waals surface area contributed by atoms with Gasteiger partial charge in [-0.3, -0.25) is 19.6 Å². The molecule has 182 valence electrons. The Labute approximate surface area is 196 Å². The lowest BCUT2D eigenvalue weighted by molar-refractivity contribution is -0.385. The van der Waals surface area contributed by atoms with Gasteiger partial charge in [0.25, 0.3) is 11.6 Å². The van der Waals surface area contributed by atoms with Crippen molar-refractivity contribution in [3.63, 3.8) is 0 Å². The number of carbonyl (C=O) groups is 1. The third-order valence-corrected chi connectivity index (χ3v) is 5.32. The molecule has 9 nitrogen and oxygen atoms in total. The summed E-state index contributed by atoms with van der Waals surface area (Å²) in [5, 5.41) is 16.6.